The fraction of sp³-hybridized carbons (Fsp3) is 0.609. The van der Waals surface area contributed by atoms with Crippen molar-refractivity contribution in [2.75, 3.05) is 25.9 Å². The highest BCUT2D eigenvalue weighted by Crippen LogP contribution is 2.49. The molecular weight excluding hydrogens is 538 g/mol. The summed E-state index contributed by atoms with van der Waals surface area (Å²) in [5, 5.41) is 16.4. The Bertz CT molecular complexity index is 881. The van der Waals surface area contributed by atoms with Gasteiger partial charge in [0.2, 0.25) is 0 Å². The minimum absolute atomic E-state index is 0. The van der Waals surface area contributed by atoms with E-state index < -0.39 is 0 Å². The maximum absolute atomic E-state index is 14.3. The first-order chi connectivity index (χ1) is 15.0. The van der Waals surface area contributed by atoms with Crippen LogP contribution in [0.1, 0.15) is 51.4 Å². The fourth-order valence-corrected chi connectivity index (χ4v) is 4.31. The molecule has 178 valence electrons. The highest BCUT2D eigenvalue weighted by Gasteiger charge is 2.45. The van der Waals surface area contributed by atoms with Gasteiger partial charge in [0.25, 0.3) is 0 Å². The molecule has 1 aromatic heterocycles. The minimum Gasteiger partial charge on any atom is -0.357 e. The summed E-state index contributed by atoms with van der Waals surface area (Å²) in [5.41, 5.74) is 0.651. The van der Waals surface area contributed by atoms with Gasteiger partial charge in [-0.15, -0.1) is 34.2 Å². The third-order valence-corrected chi connectivity index (χ3v) is 6.24. The Labute approximate surface area is 212 Å². The topological polar surface area (TPSA) is 67.1 Å². The number of nitrogens with zero attached hydrogens (tertiary/aromatic N) is 4. The van der Waals surface area contributed by atoms with Gasteiger partial charge in [-0.25, -0.2) is 4.39 Å². The molecule has 1 heterocycles. The summed E-state index contributed by atoms with van der Waals surface area (Å²) < 4.78 is 16.5. The predicted octanol–water partition coefficient (Wildman–Crippen LogP) is 4.63. The molecule has 0 radical (unpaired) electrons. The molecule has 2 aromatic rings. The van der Waals surface area contributed by atoms with E-state index in [1.165, 1.54) is 0 Å². The maximum atomic E-state index is 14.3. The molecule has 6 nitrogen and oxygen atoms in total. The molecule has 9 heteroatoms. The number of hydrogen-bond acceptors (Lipinski definition) is 4. The molecule has 1 fully saturated rings. The molecule has 0 spiro atoms. The molecule has 0 aliphatic heterocycles. The van der Waals surface area contributed by atoms with Crippen molar-refractivity contribution >= 4 is 41.7 Å². The van der Waals surface area contributed by atoms with E-state index in [1.807, 2.05) is 18.4 Å². The molecule has 3 rings (SSSR count). The summed E-state index contributed by atoms with van der Waals surface area (Å²) in [6.45, 7) is 9.60. The molecule has 0 bridgehead atoms. The highest BCUT2D eigenvalue weighted by atomic mass is 127. The van der Waals surface area contributed by atoms with E-state index in [9.17, 15) is 4.39 Å². The van der Waals surface area contributed by atoms with Gasteiger partial charge in [0.05, 0.1) is 6.54 Å². The average molecular weight is 575 g/mol. The number of guanidine groups is 1. The van der Waals surface area contributed by atoms with Crippen LogP contribution in [0.3, 0.4) is 0 Å². The van der Waals surface area contributed by atoms with E-state index in [-0.39, 0.29) is 35.2 Å². The second-order valence-electron chi connectivity index (χ2n) is 8.59. The van der Waals surface area contributed by atoms with E-state index in [0.717, 1.165) is 67.8 Å². The van der Waals surface area contributed by atoms with Crippen LogP contribution in [0.15, 0.2) is 34.4 Å². The molecule has 0 unspecified atom stereocenters. The van der Waals surface area contributed by atoms with Crippen molar-refractivity contribution in [2.45, 2.75) is 63.6 Å². The van der Waals surface area contributed by atoms with Gasteiger partial charge in [-0.1, -0.05) is 43.8 Å². The van der Waals surface area contributed by atoms with Gasteiger partial charge in [-0.05, 0) is 50.0 Å². The number of aromatic nitrogens is 3. The van der Waals surface area contributed by atoms with Crippen LogP contribution in [0.2, 0.25) is 0 Å². The van der Waals surface area contributed by atoms with E-state index in [1.54, 1.807) is 23.9 Å². The SMILES string of the molecule is CCNC(=NCC1(c2ccccc2F)CC1)NCCCc1nnc(SC)n1CC(C)C.I. The molecule has 0 amide bonds. The molecule has 1 saturated carbocycles. The zero-order valence-electron chi connectivity index (χ0n) is 19.5. The molecule has 2 N–H and O–H groups in total. The lowest BCUT2D eigenvalue weighted by molar-refractivity contribution is 0.477. The Kier molecular flexibility index (Phi) is 10.7. The van der Waals surface area contributed by atoms with Gasteiger partial charge in [-0.2, -0.15) is 0 Å². The highest BCUT2D eigenvalue weighted by molar-refractivity contribution is 14.0. The number of halogens is 2. The smallest absolute Gasteiger partial charge is 0.191 e. The van der Waals surface area contributed by atoms with Crippen molar-refractivity contribution in [3.8, 4) is 0 Å². The van der Waals surface area contributed by atoms with Gasteiger partial charge in [0, 0.05) is 31.5 Å². The lowest BCUT2D eigenvalue weighted by atomic mass is 9.95. The third-order valence-electron chi connectivity index (χ3n) is 5.58. The molecule has 1 aliphatic rings. The number of thioether (sulfide) groups is 1. The normalized spacial score (nSPS) is 14.9. The molecule has 1 aliphatic carbocycles. The van der Waals surface area contributed by atoms with Gasteiger partial charge >= 0.3 is 0 Å². The van der Waals surface area contributed by atoms with Crippen LogP contribution in [0, 0.1) is 11.7 Å². The third kappa shape index (κ3) is 7.07. The largest absolute Gasteiger partial charge is 0.357 e. The molecule has 32 heavy (non-hydrogen) atoms. The van der Waals surface area contributed by atoms with Crippen molar-refractivity contribution in [1.29, 1.82) is 0 Å². The standard InChI is InChI=1S/C23H35FN6S.HI/c1-5-25-21(27-16-23(12-13-23)18-9-6-7-10-19(18)24)26-14-8-11-20-28-29-22(31-4)30(20)15-17(2)3;/h6-7,9-10,17H,5,8,11-16H2,1-4H3,(H2,25,26,27);1H. The summed E-state index contributed by atoms with van der Waals surface area (Å²) in [6.07, 6.45) is 5.82. The monoisotopic (exact) mass is 574 g/mol. The second-order valence-corrected chi connectivity index (χ2v) is 9.37. The number of nitrogens with one attached hydrogen (secondary N) is 2. The van der Waals surface area contributed by atoms with E-state index >= 15 is 0 Å². The number of rotatable bonds is 11. The zero-order valence-corrected chi connectivity index (χ0v) is 22.7. The fourth-order valence-electron chi connectivity index (χ4n) is 3.78. The maximum Gasteiger partial charge on any atom is 0.191 e. The van der Waals surface area contributed by atoms with Crippen LogP contribution in [0.5, 0.6) is 0 Å². The molecule has 0 atom stereocenters. The summed E-state index contributed by atoms with van der Waals surface area (Å²) >= 11 is 1.64. The summed E-state index contributed by atoms with van der Waals surface area (Å²) in [5.74, 6) is 2.26. The van der Waals surface area contributed by atoms with Crippen LogP contribution < -0.4 is 10.6 Å². The number of aryl methyl sites for hydroxylation is 1. The Morgan fingerprint density at radius 2 is 2.00 bits per heavy atom. The first-order valence-electron chi connectivity index (χ1n) is 11.2. The van der Waals surface area contributed by atoms with E-state index in [2.05, 4.69) is 46.2 Å². The van der Waals surface area contributed by atoms with Crippen molar-refractivity contribution in [3.63, 3.8) is 0 Å². The lowest BCUT2D eigenvalue weighted by Crippen LogP contribution is -2.38. The van der Waals surface area contributed by atoms with Gasteiger partial charge < -0.3 is 15.2 Å². The lowest BCUT2D eigenvalue weighted by Gasteiger charge is -2.16. The van der Waals surface area contributed by atoms with Crippen LogP contribution in [-0.4, -0.2) is 46.6 Å². The van der Waals surface area contributed by atoms with Gasteiger partial charge in [-0.3, -0.25) is 4.99 Å². The van der Waals surface area contributed by atoms with Gasteiger partial charge in [0.15, 0.2) is 11.1 Å². The van der Waals surface area contributed by atoms with Crippen LogP contribution >= 0.6 is 35.7 Å². The summed E-state index contributed by atoms with van der Waals surface area (Å²) in [6, 6.07) is 7.09. The Balaban J connectivity index is 0.00000363. The Hall–Kier alpha value is -1.36. The number of benzene rings is 1. The summed E-state index contributed by atoms with van der Waals surface area (Å²) in [7, 11) is 0. The van der Waals surface area contributed by atoms with E-state index in [0.29, 0.717) is 12.5 Å². The van der Waals surface area contributed by atoms with Crippen molar-refractivity contribution in [2.24, 2.45) is 10.9 Å². The average Bonchev–Trinajstić information content (AvgIpc) is 3.44. The Morgan fingerprint density at radius 3 is 2.62 bits per heavy atom. The van der Waals surface area contributed by atoms with Crippen LogP contribution in [0.25, 0.3) is 0 Å². The number of aliphatic imine (C=N–C) groups is 1. The van der Waals surface area contributed by atoms with Gasteiger partial charge in [0.1, 0.15) is 11.6 Å². The van der Waals surface area contributed by atoms with Crippen LogP contribution in [0.4, 0.5) is 4.39 Å². The molecule has 1 aromatic carbocycles. The first kappa shape index (κ1) is 26.9. The summed E-state index contributed by atoms with van der Waals surface area (Å²) in [4.78, 5) is 4.78. The molecule has 0 saturated heterocycles. The molecular formula is C23H36FIN6S. The quantitative estimate of drug-likeness (QED) is 0.135. The minimum atomic E-state index is -0.144. The zero-order chi connectivity index (χ0) is 22.3. The van der Waals surface area contributed by atoms with E-state index in [4.69, 9.17) is 4.99 Å². The van der Waals surface area contributed by atoms with Crippen molar-refractivity contribution < 1.29 is 4.39 Å². The Morgan fingerprint density at radius 1 is 1.25 bits per heavy atom. The van der Waals surface area contributed by atoms with Crippen LogP contribution in [-0.2, 0) is 18.4 Å². The second kappa shape index (κ2) is 12.8. The van der Waals surface area contributed by atoms with Crippen molar-refractivity contribution in [3.05, 3.63) is 41.5 Å². The van der Waals surface area contributed by atoms with Crippen molar-refractivity contribution in [1.82, 2.24) is 25.4 Å². The number of hydrogen-bond donors (Lipinski definition) is 2. The first-order valence-corrected chi connectivity index (χ1v) is 12.4. The predicted molar refractivity (Wildman–Crippen MR) is 142 cm³/mol.